The highest BCUT2D eigenvalue weighted by Gasteiger charge is 2.28. The number of amides is 1. The number of hydrogen-bond donors (Lipinski definition) is 0. The van der Waals surface area contributed by atoms with E-state index < -0.39 is 0 Å². The van der Waals surface area contributed by atoms with Crippen molar-refractivity contribution in [2.45, 2.75) is 58.0 Å². The minimum absolute atomic E-state index is 0.331. The van der Waals surface area contributed by atoms with Gasteiger partial charge in [-0.3, -0.25) is 14.6 Å². The first-order valence-electron chi connectivity index (χ1n) is 9.40. The molecule has 1 aliphatic heterocycles. The molecule has 1 amide bonds. The van der Waals surface area contributed by atoms with E-state index in [4.69, 9.17) is 4.74 Å². The van der Waals surface area contributed by atoms with E-state index >= 15 is 0 Å². The molecule has 1 heterocycles. The van der Waals surface area contributed by atoms with Crippen molar-refractivity contribution >= 4 is 5.91 Å². The molecule has 1 saturated heterocycles. The van der Waals surface area contributed by atoms with Gasteiger partial charge in [-0.25, -0.2) is 0 Å². The molecule has 0 spiro atoms. The SMILES string of the molecule is CCN(C(=O)CN1CCN(CCOC)[C@H](C)C1)C1CCCCC1. The van der Waals surface area contributed by atoms with E-state index in [2.05, 4.69) is 28.5 Å². The highest BCUT2D eigenvalue weighted by molar-refractivity contribution is 5.78. The quantitative estimate of drug-likeness (QED) is 0.715. The summed E-state index contributed by atoms with van der Waals surface area (Å²) < 4.78 is 5.18. The van der Waals surface area contributed by atoms with Gasteiger partial charge in [0.25, 0.3) is 0 Å². The molecule has 0 N–H and O–H groups in total. The van der Waals surface area contributed by atoms with E-state index in [0.29, 0.717) is 24.5 Å². The Hall–Kier alpha value is -0.650. The van der Waals surface area contributed by atoms with E-state index in [9.17, 15) is 4.79 Å². The lowest BCUT2D eigenvalue weighted by Gasteiger charge is -2.41. The Labute approximate surface area is 141 Å². The normalized spacial score (nSPS) is 24.7. The molecule has 0 unspecified atom stereocenters. The van der Waals surface area contributed by atoms with Crippen LogP contribution >= 0.6 is 0 Å². The molecule has 0 bridgehead atoms. The van der Waals surface area contributed by atoms with Crippen molar-refractivity contribution in [2.75, 3.05) is 53.0 Å². The van der Waals surface area contributed by atoms with Crippen molar-refractivity contribution in [1.29, 1.82) is 0 Å². The van der Waals surface area contributed by atoms with E-state index in [1.807, 2.05) is 0 Å². The summed E-state index contributed by atoms with van der Waals surface area (Å²) in [4.78, 5) is 19.7. The number of carbonyl (C=O) groups is 1. The second kappa shape index (κ2) is 9.60. The van der Waals surface area contributed by atoms with Crippen LogP contribution in [0.5, 0.6) is 0 Å². The first-order valence-corrected chi connectivity index (χ1v) is 9.40. The molecule has 5 heteroatoms. The molecule has 0 aromatic carbocycles. The third-order valence-corrected chi connectivity index (χ3v) is 5.47. The summed E-state index contributed by atoms with van der Waals surface area (Å²) in [5, 5.41) is 0. The third-order valence-electron chi connectivity index (χ3n) is 5.47. The zero-order chi connectivity index (χ0) is 16.7. The van der Waals surface area contributed by atoms with Crippen LogP contribution < -0.4 is 0 Å². The van der Waals surface area contributed by atoms with Gasteiger partial charge in [-0.15, -0.1) is 0 Å². The largest absolute Gasteiger partial charge is 0.383 e. The molecule has 23 heavy (non-hydrogen) atoms. The summed E-state index contributed by atoms with van der Waals surface area (Å²) in [6.45, 7) is 10.6. The molecular weight excluding hydrogens is 290 g/mol. The van der Waals surface area contributed by atoms with Gasteiger partial charge in [0.2, 0.25) is 5.91 Å². The molecule has 1 atom stereocenters. The minimum Gasteiger partial charge on any atom is -0.383 e. The van der Waals surface area contributed by atoms with E-state index in [-0.39, 0.29) is 0 Å². The maximum Gasteiger partial charge on any atom is 0.236 e. The second-order valence-corrected chi connectivity index (χ2v) is 7.08. The van der Waals surface area contributed by atoms with Crippen molar-refractivity contribution in [3.63, 3.8) is 0 Å². The number of likely N-dealkylation sites (N-methyl/N-ethyl adjacent to an activating group) is 1. The monoisotopic (exact) mass is 325 g/mol. The van der Waals surface area contributed by atoms with Crippen molar-refractivity contribution in [2.24, 2.45) is 0 Å². The number of rotatable bonds is 7. The number of nitrogens with zero attached hydrogens (tertiary/aromatic N) is 3. The topological polar surface area (TPSA) is 36.0 Å². The molecule has 1 saturated carbocycles. The van der Waals surface area contributed by atoms with Crippen molar-refractivity contribution in [3.8, 4) is 0 Å². The van der Waals surface area contributed by atoms with Gasteiger partial charge in [0.15, 0.2) is 0 Å². The molecule has 0 radical (unpaired) electrons. The Kier molecular flexibility index (Phi) is 7.80. The smallest absolute Gasteiger partial charge is 0.236 e. The van der Waals surface area contributed by atoms with Crippen molar-refractivity contribution < 1.29 is 9.53 Å². The number of ether oxygens (including phenoxy) is 1. The van der Waals surface area contributed by atoms with Crippen LogP contribution in [-0.4, -0.2) is 85.7 Å². The molecule has 0 aromatic heterocycles. The standard InChI is InChI=1S/C18H35N3O2/c1-4-21(17-8-6-5-7-9-17)18(22)15-19-10-11-20(12-13-23-3)16(2)14-19/h16-17H,4-15H2,1-3H3/t16-/m1/s1. The predicted octanol–water partition coefficient (Wildman–Crippen LogP) is 1.82. The van der Waals surface area contributed by atoms with Crippen LogP contribution in [0.15, 0.2) is 0 Å². The average molecular weight is 325 g/mol. The molecule has 1 aliphatic carbocycles. The zero-order valence-electron chi connectivity index (χ0n) is 15.3. The average Bonchev–Trinajstić information content (AvgIpc) is 2.56. The third kappa shape index (κ3) is 5.44. The molecule has 2 rings (SSSR count). The molecule has 2 fully saturated rings. The Bertz CT molecular complexity index is 358. The summed E-state index contributed by atoms with van der Waals surface area (Å²) >= 11 is 0. The van der Waals surface area contributed by atoms with Crippen LogP contribution in [0.2, 0.25) is 0 Å². The predicted molar refractivity (Wildman–Crippen MR) is 93.6 cm³/mol. The summed E-state index contributed by atoms with van der Waals surface area (Å²) in [6, 6.07) is 0.984. The highest BCUT2D eigenvalue weighted by atomic mass is 16.5. The number of methoxy groups -OCH3 is 1. The zero-order valence-corrected chi connectivity index (χ0v) is 15.3. The van der Waals surface area contributed by atoms with Crippen molar-refractivity contribution in [3.05, 3.63) is 0 Å². The fourth-order valence-electron chi connectivity index (χ4n) is 4.07. The summed E-state index contributed by atoms with van der Waals surface area (Å²) in [5.74, 6) is 0.331. The van der Waals surface area contributed by atoms with Crippen LogP contribution in [0, 0.1) is 0 Å². The minimum atomic E-state index is 0.331. The fraction of sp³-hybridized carbons (Fsp3) is 0.944. The van der Waals surface area contributed by atoms with Gasteiger partial charge in [0.05, 0.1) is 13.2 Å². The van der Waals surface area contributed by atoms with Gasteiger partial charge < -0.3 is 9.64 Å². The summed E-state index contributed by atoms with van der Waals surface area (Å²) in [7, 11) is 1.75. The molecule has 0 aromatic rings. The highest BCUT2D eigenvalue weighted by Crippen LogP contribution is 2.23. The Balaban J connectivity index is 1.80. The van der Waals surface area contributed by atoms with E-state index in [0.717, 1.165) is 39.3 Å². The second-order valence-electron chi connectivity index (χ2n) is 7.08. The lowest BCUT2D eigenvalue weighted by molar-refractivity contribution is -0.136. The van der Waals surface area contributed by atoms with Gasteiger partial charge >= 0.3 is 0 Å². The van der Waals surface area contributed by atoms with Gasteiger partial charge in [-0.1, -0.05) is 19.3 Å². The first kappa shape index (κ1) is 18.7. The Morgan fingerprint density at radius 3 is 2.57 bits per heavy atom. The number of carbonyl (C=O) groups excluding carboxylic acids is 1. The molecule has 5 nitrogen and oxygen atoms in total. The Morgan fingerprint density at radius 1 is 1.22 bits per heavy atom. The van der Waals surface area contributed by atoms with Gasteiger partial charge in [0, 0.05) is 51.9 Å². The maximum absolute atomic E-state index is 12.8. The number of hydrogen-bond acceptors (Lipinski definition) is 4. The molecule has 2 aliphatic rings. The van der Waals surface area contributed by atoms with Crippen molar-refractivity contribution in [1.82, 2.24) is 14.7 Å². The van der Waals surface area contributed by atoms with Crippen LogP contribution in [-0.2, 0) is 9.53 Å². The number of piperazine rings is 1. The summed E-state index contributed by atoms with van der Waals surface area (Å²) in [6.07, 6.45) is 6.29. The lowest BCUT2D eigenvalue weighted by atomic mass is 9.94. The summed E-state index contributed by atoms with van der Waals surface area (Å²) in [5.41, 5.74) is 0. The van der Waals surface area contributed by atoms with Crippen LogP contribution in [0.4, 0.5) is 0 Å². The maximum atomic E-state index is 12.8. The van der Waals surface area contributed by atoms with Crippen LogP contribution in [0.25, 0.3) is 0 Å². The van der Waals surface area contributed by atoms with Crippen LogP contribution in [0.3, 0.4) is 0 Å². The van der Waals surface area contributed by atoms with Gasteiger partial charge in [-0.05, 0) is 26.7 Å². The molecule has 134 valence electrons. The molecular formula is C18H35N3O2. The Morgan fingerprint density at radius 2 is 1.96 bits per heavy atom. The van der Waals surface area contributed by atoms with Gasteiger partial charge in [0.1, 0.15) is 0 Å². The first-order chi connectivity index (χ1) is 11.2. The van der Waals surface area contributed by atoms with E-state index in [1.54, 1.807) is 7.11 Å². The van der Waals surface area contributed by atoms with E-state index in [1.165, 1.54) is 32.1 Å². The fourth-order valence-corrected chi connectivity index (χ4v) is 4.07. The van der Waals surface area contributed by atoms with Crippen LogP contribution in [0.1, 0.15) is 46.0 Å². The van der Waals surface area contributed by atoms with Gasteiger partial charge in [-0.2, -0.15) is 0 Å². The lowest BCUT2D eigenvalue weighted by Crippen LogP contribution is -2.55.